The molecule has 1 saturated heterocycles. The van der Waals surface area contributed by atoms with E-state index < -0.39 is 0 Å². The molecule has 0 atom stereocenters. The summed E-state index contributed by atoms with van der Waals surface area (Å²) in [7, 11) is 1.76. The first-order chi connectivity index (χ1) is 11.5. The van der Waals surface area contributed by atoms with Gasteiger partial charge in [0.1, 0.15) is 0 Å². The predicted octanol–water partition coefficient (Wildman–Crippen LogP) is -0.0661. The number of likely N-dealkylation sites (N-methyl/N-ethyl adjacent to an activating group) is 1. The van der Waals surface area contributed by atoms with Crippen LogP contribution in [0.5, 0.6) is 0 Å². The van der Waals surface area contributed by atoms with Crippen molar-refractivity contribution in [3.05, 3.63) is 0 Å². The zero-order valence-corrected chi connectivity index (χ0v) is 14.5. The number of ether oxygens (including phenoxy) is 1. The first-order valence-corrected chi connectivity index (χ1v) is 8.67. The van der Waals surface area contributed by atoms with Crippen LogP contribution in [0.4, 0.5) is 4.79 Å². The summed E-state index contributed by atoms with van der Waals surface area (Å²) in [6.45, 7) is 3.75. The van der Waals surface area contributed by atoms with E-state index >= 15 is 0 Å². The van der Waals surface area contributed by atoms with Gasteiger partial charge < -0.3 is 20.3 Å². The van der Waals surface area contributed by atoms with Gasteiger partial charge in [0.05, 0.1) is 19.7 Å². The molecule has 0 aromatic carbocycles. The highest BCUT2D eigenvalue weighted by atomic mass is 16.6. The Morgan fingerprint density at radius 3 is 1.96 bits per heavy atom. The number of rotatable bonds is 7. The van der Waals surface area contributed by atoms with Crippen LogP contribution in [0, 0.1) is 0 Å². The zero-order valence-electron chi connectivity index (χ0n) is 14.5. The fourth-order valence-corrected chi connectivity index (χ4v) is 2.74. The Bertz CT molecular complexity index is 459. The molecule has 0 bridgehead atoms. The van der Waals surface area contributed by atoms with E-state index in [1.165, 1.54) is 0 Å². The van der Waals surface area contributed by atoms with Crippen LogP contribution in [0.1, 0.15) is 32.6 Å². The molecule has 0 aromatic rings. The van der Waals surface area contributed by atoms with Crippen molar-refractivity contribution in [2.24, 2.45) is 0 Å². The van der Waals surface area contributed by atoms with Crippen molar-refractivity contribution in [3.63, 3.8) is 0 Å². The lowest BCUT2D eigenvalue weighted by Gasteiger charge is -2.31. The van der Waals surface area contributed by atoms with Gasteiger partial charge in [-0.15, -0.1) is 0 Å². The lowest BCUT2D eigenvalue weighted by Crippen LogP contribution is -2.49. The molecule has 24 heavy (non-hydrogen) atoms. The van der Waals surface area contributed by atoms with E-state index in [1.807, 2.05) is 0 Å². The molecule has 2 rings (SSSR count). The molecule has 1 heterocycles. The molecule has 136 valence electrons. The van der Waals surface area contributed by atoms with Crippen LogP contribution in [0.25, 0.3) is 0 Å². The van der Waals surface area contributed by atoms with Crippen LogP contribution >= 0.6 is 0 Å². The number of nitrogens with zero attached hydrogens (tertiary/aromatic N) is 2. The van der Waals surface area contributed by atoms with Crippen molar-refractivity contribution in [1.82, 2.24) is 20.4 Å². The van der Waals surface area contributed by atoms with E-state index in [0.717, 1.165) is 25.7 Å². The quantitative estimate of drug-likeness (QED) is 0.677. The summed E-state index contributed by atoms with van der Waals surface area (Å²) in [4.78, 5) is 38.8. The molecule has 1 aliphatic carbocycles. The molecule has 8 heteroatoms. The number of piperidine rings is 1. The number of hydrogen-bond acceptors (Lipinski definition) is 5. The fraction of sp³-hybridized carbons (Fsp3) is 0.812. The maximum atomic E-state index is 12.1. The third-order valence-electron chi connectivity index (χ3n) is 4.16. The largest absolute Gasteiger partial charge is 0.450 e. The van der Waals surface area contributed by atoms with Gasteiger partial charge in [0.2, 0.25) is 11.8 Å². The van der Waals surface area contributed by atoms with Crippen molar-refractivity contribution in [3.8, 4) is 0 Å². The van der Waals surface area contributed by atoms with Crippen LogP contribution in [-0.4, -0.2) is 79.6 Å². The second-order valence-corrected chi connectivity index (χ2v) is 6.54. The predicted molar refractivity (Wildman–Crippen MR) is 88.4 cm³/mol. The minimum Gasteiger partial charge on any atom is -0.450 e. The van der Waals surface area contributed by atoms with Gasteiger partial charge in [-0.25, -0.2) is 4.79 Å². The van der Waals surface area contributed by atoms with E-state index in [-0.39, 0.29) is 37.0 Å². The first-order valence-electron chi connectivity index (χ1n) is 8.67. The summed E-state index contributed by atoms with van der Waals surface area (Å²) in [5.74, 6) is -0.123. The Labute approximate surface area is 142 Å². The second-order valence-electron chi connectivity index (χ2n) is 6.54. The SMILES string of the molecule is CCOC(=O)N1CCC(NC(=O)CN(C)CC(=O)NC2CC2)CC1. The van der Waals surface area contributed by atoms with E-state index in [2.05, 4.69) is 10.6 Å². The van der Waals surface area contributed by atoms with Crippen molar-refractivity contribution in [2.45, 2.75) is 44.7 Å². The Hall–Kier alpha value is -1.83. The van der Waals surface area contributed by atoms with Gasteiger partial charge in [0, 0.05) is 25.2 Å². The molecule has 8 nitrogen and oxygen atoms in total. The molecular formula is C16H28N4O4. The van der Waals surface area contributed by atoms with Gasteiger partial charge in [-0.1, -0.05) is 0 Å². The lowest BCUT2D eigenvalue weighted by molar-refractivity contribution is -0.125. The van der Waals surface area contributed by atoms with Crippen molar-refractivity contribution >= 4 is 17.9 Å². The normalized spacial score (nSPS) is 18.4. The van der Waals surface area contributed by atoms with Gasteiger partial charge in [0.25, 0.3) is 0 Å². The van der Waals surface area contributed by atoms with Crippen LogP contribution in [0.3, 0.4) is 0 Å². The average molecular weight is 340 g/mol. The highest BCUT2D eigenvalue weighted by Gasteiger charge is 2.26. The average Bonchev–Trinajstić information content (AvgIpc) is 3.31. The second kappa shape index (κ2) is 8.86. The monoisotopic (exact) mass is 340 g/mol. The number of likely N-dealkylation sites (tertiary alicyclic amines) is 1. The standard InChI is InChI=1S/C16H28N4O4/c1-3-24-16(23)20-8-6-13(7-9-20)18-15(22)11-19(2)10-14(21)17-12-4-5-12/h12-13H,3-11H2,1-2H3,(H,17,21)(H,18,22). The van der Waals surface area contributed by atoms with Crippen LogP contribution in [0.15, 0.2) is 0 Å². The molecule has 0 aromatic heterocycles. The minimum atomic E-state index is -0.288. The number of nitrogens with one attached hydrogen (secondary N) is 2. The molecule has 0 spiro atoms. The van der Waals surface area contributed by atoms with Gasteiger partial charge in [-0.05, 0) is 39.7 Å². The Morgan fingerprint density at radius 2 is 1.50 bits per heavy atom. The smallest absolute Gasteiger partial charge is 0.409 e. The summed E-state index contributed by atoms with van der Waals surface area (Å²) < 4.78 is 4.97. The molecule has 1 saturated carbocycles. The molecule has 0 unspecified atom stereocenters. The van der Waals surface area contributed by atoms with Gasteiger partial charge in [-0.3, -0.25) is 14.5 Å². The zero-order chi connectivity index (χ0) is 17.5. The van der Waals surface area contributed by atoms with Crippen LogP contribution in [-0.2, 0) is 14.3 Å². The van der Waals surface area contributed by atoms with Crippen molar-refractivity contribution in [2.75, 3.05) is 39.8 Å². The van der Waals surface area contributed by atoms with E-state index in [4.69, 9.17) is 4.74 Å². The van der Waals surface area contributed by atoms with Gasteiger partial charge in [0.15, 0.2) is 0 Å². The Morgan fingerprint density at radius 1 is 1.00 bits per heavy atom. The van der Waals surface area contributed by atoms with Crippen LogP contribution < -0.4 is 10.6 Å². The molecule has 2 aliphatic rings. The van der Waals surface area contributed by atoms with Gasteiger partial charge in [-0.2, -0.15) is 0 Å². The first kappa shape index (κ1) is 18.5. The number of carbonyl (C=O) groups is 3. The molecule has 3 amide bonds. The summed E-state index contributed by atoms with van der Waals surface area (Å²) in [5.41, 5.74) is 0. The van der Waals surface area contributed by atoms with Crippen LogP contribution in [0.2, 0.25) is 0 Å². The fourth-order valence-electron chi connectivity index (χ4n) is 2.74. The summed E-state index contributed by atoms with van der Waals surface area (Å²) in [6.07, 6.45) is 3.26. The van der Waals surface area contributed by atoms with Gasteiger partial charge >= 0.3 is 6.09 Å². The third-order valence-corrected chi connectivity index (χ3v) is 4.16. The maximum Gasteiger partial charge on any atom is 0.409 e. The topological polar surface area (TPSA) is 91.0 Å². The molecule has 2 fully saturated rings. The van der Waals surface area contributed by atoms with Crippen molar-refractivity contribution in [1.29, 1.82) is 0 Å². The number of amides is 3. The number of carbonyl (C=O) groups excluding carboxylic acids is 3. The summed E-state index contributed by atoms with van der Waals surface area (Å²) in [5, 5.41) is 5.88. The highest BCUT2D eigenvalue weighted by Crippen LogP contribution is 2.18. The molecular weight excluding hydrogens is 312 g/mol. The van der Waals surface area contributed by atoms with E-state index in [1.54, 1.807) is 23.8 Å². The van der Waals surface area contributed by atoms with E-state index in [0.29, 0.717) is 25.7 Å². The summed E-state index contributed by atoms with van der Waals surface area (Å²) in [6, 6.07) is 0.404. The number of hydrogen-bond donors (Lipinski definition) is 2. The molecule has 0 radical (unpaired) electrons. The lowest BCUT2D eigenvalue weighted by atomic mass is 10.1. The Kier molecular flexibility index (Phi) is 6.84. The van der Waals surface area contributed by atoms with Crippen molar-refractivity contribution < 1.29 is 19.1 Å². The van der Waals surface area contributed by atoms with E-state index in [9.17, 15) is 14.4 Å². The minimum absolute atomic E-state index is 0.0319. The third kappa shape index (κ3) is 6.35. The highest BCUT2D eigenvalue weighted by molar-refractivity contribution is 5.81. The maximum absolute atomic E-state index is 12.1. The Balaban J connectivity index is 1.62. The molecule has 2 N–H and O–H groups in total. The summed E-state index contributed by atoms with van der Waals surface area (Å²) >= 11 is 0. The molecule has 1 aliphatic heterocycles.